The van der Waals surface area contributed by atoms with Crippen molar-refractivity contribution in [3.63, 3.8) is 0 Å². The quantitative estimate of drug-likeness (QED) is 0.701. The number of H-pyrrole nitrogens is 1. The Morgan fingerprint density at radius 2 is 2.12 bits per heavy atom. The van der Waals surface area contributed by atoms with Crippen molar-refractivity contribution in [2.45, 2.75) is 25.3 Å². The van der Waals surface area contributed by atoms with Crippen LogP contribution >= 0.6 is 11.6 Å². The van der Waals surface area contributed by atoms with E-state index in [1.807, 2.05) is 0 Å². The molecule has 0 amide bonds. The zero-order chi connectivity index (χ0) is 18.2. The Kier molecular flexibility index (Phi) is 4.48. The number of aromatic nitrogens is 5. The average molecular weight is 385 g/mol. The van der Waals surface area contributed by atoms with Crippen molar-refractivity contribution in [2.75, 3.05) is 4.72 Å². The first-order chi connectivity index (χ1) is 11.8. The third-order valence-corrected chi connectivity index (χ3v) is 5.38. The lowest BCUT2D eigenvalue weighted by Gasteiger charge is -2.05. The van der Waals surface area contributed by atoms with Crippen molar-refractivity contribution < 1.29 is 12.8 Å². The summed E-state index contributed by atoms with van der Waals surface area (Å²) in [7, 11) is -3.86. The summed E-state index contributed by atoms with van der Waals surface area (Å²) in [6.45, 7) is 3.41. The summed E-state index contributed by atoms with van der Waals surface area (Å²) in [4.78, 5) is 3.99. The summed E-state index contributed by atoms with van der Waals surface area (Å²) < 4.78 is 41.7. The third kappa shape index (κ3) is 3.64. The molecule has 25 heavy (non-hydrogen) atoms. The van der Waals surface area contributed by atoms with Gasteiger partial charge in [-0.25, -0.2) is 22.2 Å². The van der Waals surface area contributed by atoms with Crippen LogP contribution in [-0.2, 0) is 16.6 Å². The Morgan fingerprint density at radius 3 is 2.76 bits per heavy atom. The summed E-state index contributed by atoms with van der Waals surface area (Å²) in [6.07, 6.45) is 1.35. The number of nitrogens with zero attached hydrogens (tertiary/aromatic N) is 4. The van der Waals surface area contributed by atoms with Gasteiger partial charge in [-0.2, -0.15) is 10.1 Å². The summed E-state index contributed by atoms with van der Waals surface area (Å²) in [6, 6.07) is 4.01. The fourth-order valence-electron chi connectivity index (χ4n) is 2.35. The van der Waals surface area contributed by atoms with Gasteiger partial charge >= 0.3 is 0 Å². The molecule has 0 aliphatic heterocycles. The van der Waals surface area contributed by atoms with E-state index in [0.29, 0.717) is 17.0 Å². The highest BCUT2D eigenvalue weighted by Crippen LogP contribution is 2.20. The standard InChI is InChI=1S/C14H14ClFN6O2S/c1-8-13(9(2)19-18-8)25(23,24)21-14-17-7-22(20-14)6-10-3-4-11(16)5-12(10)15/h3-5,7H,6H2,1-2H3,(H,18,19)(H,20,21). The molecule has 0 aliphatic rings. The van der Waals surface area contributed by atoms with Crippen LogP contribution in [0.25, 0.3) is 0 Å². The second kappa shape index (κ2) is 6.45. The maximum atomic E-state index is 13.1. The Morgan fingerprint density at radius 1 is 1.36 bits per heavy atom. The maximum Gasteiger partial charge on any atom is 0.267 e. The minimum atomic E-state index is -3.86. The van der Waals surface area contributed by atoms with E-state index in [9.17, 15) is 12.8 Å². The predicted molar refractivity (Wildman–Crippen MR) is 89.4 cm³/mol. The first-order valence-electron chi connectivity index (χ1n) is 7.14. The monoisotopic (exact) mass is 384 g/mol. The molecule has 11 heteroatoms. The van der Waals surface area contributed by atoms with Gasteiger partial charge in [-0.15, -0.1) is 5.10 Å². The molecule has 0 bridgehead atoms. The highest BCUT2D eigenvalue weighted by molar-refractivity contribution is 7.92. The molecular formula is C14H14ClFN6O2S. The molecule has 0 fully saturated rings. The molecule has 0 spiro atoms. The second-order valence-electron chi connectivity index (χ2n) is 5.37. The average Bonchev–Trinajstić information content (AvgIpc) is 3.08. The fourth-order valence-corrected chi connectivity index (χ4v) is 3.90. The zero-order valence-electron chi connectivity index (χ0n) is 13.3. The molecule has 8 nitrogen and oxygen atoms in total. The molecular weight excluding hydrogens is 371 g/mol. The van der Waals surface area contributed by atoms with Gasteiger partial charge in [-0.05, 0) is 31.5 Å². The number of hydrogen-bond donors (Lipinski definition) is 2. The van der Waals surface area contributed by atoms with Crippen LogP contribution < -0.4 is 4.72 Å². The van der Waals surface area contributed by atoms with E-state index in [1.165, 1.54) is 29.2 Å². The summed E-state index contributed by atoms with van der Waals surface area (Å²) in [5, 5.41) is 10.8. The number of halogens is 2. The number of anilines is 1. The van der Waals surface area contributed by atoms with Crippen LogP contribution in [0, 0.1) is 19.7 Å². The Balaban J connectivity index is 1.80. The van der Waals surface area contributed by atoms with Gasteiger partial charge in [0, 0.05) is 5.02 Å². The fraction of sp³-hybridized carbons (Fsp3) is 0.214. The Hall–Kier alpha value is -2.46. The van der Waals surface area contributed by atoms with Gasteiger partial charge in [0.1, 0.15) is 17.0 Å². The summed E-state index contributed by atoms with van der Waals surface area (Å²) in [5.74, 6) is -0.523. The van der Waals surface area contributed by atoms with Crippen LogP contribution in [0.1, 0.15) is 17.0 Å². The van der Waals surface area contributed by atoms with E-state index in [1.54, 1.807) is 13.8 Å². The molecule has 0 atom stereocenters. The Labute approximate surface area is 148 Å². The first-order valence-corrected chi connectivity index (χ1v) is 9.00. The van der Waals surface area contributed by atoms with Crippen LogP contribution in [0.5, 0.6) is 0 Å². The molecule has 3 rings (SSSR count). The number of nitrogens with one attached hydrogen (secondary N) is 2. The van der Waals surface area contributed by atoms with Crippen LogP contribution in [-0.4, -0.2) is 33.4 Å². The molecule has 0 saturated carbocycles. The van der Waals surface area contributed by atoms with Crippen molar-refractivity contribution in [3.8, 4) is 0 Å². The van der Waals surface area contributed by atoms with E-state index in [4.69, 9.17) is 11.6 Å². The molecule has 0 aliphatic carbocycles. The molecule has 2 aromatic heterocycles. The minimum Gasteiger partial charge on any atom is -0.281 e. The van der Waals surface area contributed by atoms with Gasteiger partial charge in [0.05, 0.1) is 17.9 Å². The van der Waals surface area contributed by atoms with Gasteiger partial charge < -0.3 is 0 Å². The number of hydrogen-bond acceptors (Lipinski definition) is 5. The molecule has 1 aromatic carbocycles. The van der Waals surface area contributed by atoms with Crippen LogP contribution in [0.3, 0.4) is 0 Å². The zero-order valence-corrected chi connectivity index (χ0v) is 14.9. The van der Waals surface area contributed by atoms with Gasteiger partial charge in [-0.1, -0.05) is 17.7 Å². The van der Waals surface area contributed by atoms with Crippen molar-refractivity contribution >= 4 is 27.6 Å². The summed E-state index contributed by atoms with van der Waals surface area (Å²) >= 11 is 5.97. The largest absolute Gasteiger partial charge is 0.281 e. The lowest BCUT2D eigenvalue weighted by molar-refractivity contribution is 0.599. The second-order valence-corrected chi connectivity index (χ2v) is 7.40. The molecule has 0 radical (unpaired) electrons. The highest BCUT2D eigenvalue weighted by Gasteiger charge is 2.23. The first kappa shape index (κ1) is 17.4. The lowest BCUT2D eigenvalue weighted by atomic mass is 10.2. The van der Waals surface area contributed by atoms with Crippen molar-refractivity contribution in [3.05, 3.63) is 52.3 Å². The Bertz CT molecular complexity index is 1010. The van der Waals surface area contributed by atoms with Crippen LogP contribution in [0.4, 0.5) is 10.3 Å². The number of aromatic amines is 1. The molecule has 3 aromatic rings. The molecule has 0 unspecified atom stereocenters. The molecule has 2 N–H and O–H groups in total. The van der Waals surface area contributed by atoms with Crippen LogP contribution in [0.2, 0.25) is 5.02 Å². The van der Waals surface area contributed by atoms with E-state index in [-0.39, 0.29) is 22.4 Å². The summed E-state index contributed by atoms with van der Waals surface area (Å²) in [5.41, 5.74) is 1.40. The minimum absolute atomic E-state index is 0.0606. The molecule has 2 heterocycles. The third-order valence-electron chi connectivity index (χ3n) is 3.44. The van der Waals surface area contributed by atoms with E-state index in [0.717, 1.165) is 0 Å². The lowest BCUT2D eigenvalue weighted by Crippen LogP contribution is -2.16. The SMILES string of the molecule is Cc1n[nH]c(C)c1S(=O)(=O)Nc1ncn(Cc2ccc(F)cc2Cl)n1. The van der Waals surface area contributed by atoms with Crippen LogP contribution in [0.15, 0.2) is 29.4 Å². The number of aryl methyl sites for hydroxylation is 2. The van der Waals surface area contributed by atoms with Gasteiger partial charge in [-0.3, -0.25) is 5.10 Å². The van der Waals surface area contributed by atoms with Gasteiger partial charge in [0.25, 0.3) is 16.0 Å². The predicted octanol–water partition coefficient (Wildman–Crippen LogP) is 2.26. The maximum absolute atomic E-state index is 13.1. The van der Waals surface area contributed by atoms with Gasteiger partial charge in [0.15, 0.2) is 0 Å². The highest BCUT2D eigenvalue weighted by atomic mass is 35.5. The van der Waals surface area contributed by atoms with Crippen molar-refractivity contribution in [2.24, 2.45) is 0 Å². The van der Waals surface area contributed by atoms with Crippen molar-refractivity contribution in [1.82, 2.24) is 25.0 Å². The van der Waals surface area contributed by atoms with E-state index < -0.39 is 15.8 Å². The van der Waals surface area contributed by atoms with E-state index >= 15 is 0 Å². The molecule has 132 valence electrons. The topological polar surface area (TPSA) is 106 Å². The molecule has 0 saturated heterocycles. The van der Waals surface area contributed by atoms with E-state index in [2.05, 4.69) is 25.0 Å². The van der Waals surface area contributed by atoms with Crippen molar-refractivity contribution in [1.29, 1.82) is 0 Å². The smallest absolute Gasteiger partial charge is 0.267 e. The number of benzene rings is 1. The number of sulfonamides is 1. The normalized spacial score (nSPS) is 11.7. The van der Waals surface area contributed by atoms with Gasteiger partial charge in [0.2, 0.25) is 0 Å². The number of rotatable bonds is 5.